The van der Waals surface area contributed by atoms with Gasteiger partial charge in [-0.2, -0.15) is 0 Å². The van der Waals surface area contributed by atoms with Crippen molar-refractivity contribution in [2.24, 2.45) is 0 Å². The van der Waals surface area contributed by atoms with E-state index in [0.29, 0.717) is 12.6 Å². The third kappa shape index (κ3) is 4.73. The molecule has 0 aromatic heterocycles. The molecule has 0 saturated carbocycles. The van der Waals surface area contributed by atoms with Crippen molar-refractivity contribution in [3.8, 4) is 0 Å². The van der Waals surface area contributed by atoms with Gasteiger partial charge in [0.1, 0.15) is 0 Å². The molecule has 2 saturated heterocycles. The molecule has 2 fully saturated rings. The zero-order valence-electron chi connectivity index (χ0n) is 15.0. The Kier molecular flexibility index (Phi) is 6.13. The number of hydrogen-bond donors (Lipinski definition) is 1. The predicted molar refractivity (Wildman–Crippen MR) is 98.1 cm³/mol. The van der Waals surface area contributed by atoms with Gasteiger partial charge < -0.3 is 15.1 Å². The summed E-state index contributed by atoms with van der Waals surface area (Å²) in [5.41, 5.74) is 2.42. The lowest BCUT2D eigenvalue weighted by molar-refractivity contribution is 0.138. The van der Waals surface area contributed by atoms with Gasteiger partial charge in [0.15, 0.2) is 0 Å². The van der Waals surface area contributed by atoms with Crippen LogP contribution >= 0.6 is 0 Å². The van der Waals surface area contributed by atoms with Crippen LogP contribution in [0.2, 0.25) is 0 Å². The van der Waals surface area contributed by atoms with Crippen LogP contribution in [0.25, 0.3) is 0 Å². The highest BCUT2D eigenvalue weighted by atomic mass is 16.2. The highest BCUT2D eigenvalue weighted by Gasteiger charge is 2.27. The van der Waals surface area contributed by atoms with Gasteiger partial charge in [-0.25, -0.2) is 4.79 Å². The average Bonchev–Trinajstić information content (AvgIpc) is 3.13. The van der Waals surface area contributed by atoms with Gasteiger partial charge in [0.2, 0.25) is 0 Å². The second kappa shape index (κ2) is 8.52. The molecule has 132 valence electrons. The van der Waals surface area contributed by atoms with Gasteiger partial charge in [-0.05, 0) is 64.1 Å². The molecule has 0 radical (unpaired) electrons. The number of likely N-dealkylation sites (tertiary alicyclic amines) is 2. The maximum atomic E-state index is 12.6. The Morgan fingerprint density at radius 2 is 1.79 bits per heavy atom. The number of carbonyl (C=O) groups excluding carboxylic acids is 1. The van der Waals surface area contributed by atoms with E-state index in [1.54, 1.807) is 0 Å². The quantitative estimate of drug-likeness (QED) is 0.897. The van der Waals surface area contributed by atoms with Crippen LogP contribution in [0.15, 0.2) is 24.3 Å². The molecular weight excluding hydrogens is 298 g/mol. The summed E-state index contributed by atoms with van der Waals surface area (Å²) in [6.45, 7) is 7.24. The summed E-state index contributed by atoms with van der Waals surface area (Å²) in [4.78, 5) is 17.3. The lowest BCUT2D eigenvalue weighted by Crippen LogP contribution is -2.49. The number of amides is 2. The van der Waals surface area contributed by atoms with Gasteiger partial charge in [0.25, 0.3) is 0 Å². The van der Waals surface area contributed by atoms with Gasteiger partial charge in [0.05, 0.1) is 0 Å². The van der Waals surface area contributed by atoms with E-state index in [2.05, 4.69) is 46.3 Å². The SMILES string of the molecule is Cc1ccc(CNC(=O)N2CCCC[C@H]2CCN2CCCC2)cc1. The molecule has 24 heavy (non-hydrogen) atoms. The molecule has 0 aliphatic carbocycles. The number of aryl methyl sites for hydroxylation is 1. The molecule has 1 aromatic rings. The molecule has 2 amide bonds. The molecule has 4 heteroatoms. The normalized spacial score (nSPS) is 21.9. The second-order valence-electron chi connectivity index (χ2n) is 7.32. The minimum atomic E-state index is 0.113. The summed E-state index contributed by atoms with van der Waals surface area (Å²) in [5, 5.41) is 3.12. The van der Waals surface area contributed by atoms with E-state index in [-0.39, 0.29) is 6.03 Å². The number of carbonyl (C=O) groups is 1. The van der Waals surface area contributed by atoms with Gasteiger partial charge in [-0.3, -0.25) is 0 Å². The summed E-state index contributed by atoms with van der Waals surface area (Å²) in [5.74, 6) is 0. The van der Waals surface area contributed by atoms with Crippen LogP contribution in [0.3, 0.4) is 0 Å². The molecule has 0 spiro atoms. The first-order chi connectivity index (χ1) is 11.7. The maximum Gasteiger partial charge on any atom is 0.317 e. The van der Waals surface area contributed by atoms with Crippen LogP contribution in [0.1, 0.15) is 49.7 Å². The second-order valence-corrected chi connectivity index (χ2v) is 7.32. The van der Waals surface area contributed by atoms with Crippen LogP contribution in [0.4, 0.5) is 4.79 Å². The third-order valence-corrected chi connectivity index (χ3v) is 5.43. The number of hydrogen-bond acceptors (Lipinski definition) is 2. The first-order valence-electron chi connectivity index (χ1n) is 9.55. The van der Waals surface area contributed by atoms with Crippen molar-refractivity contribution in [1.29, 1.82) is 0 Å². The molecule has 2 heterocycles. The lowest BCUT2D eigenvalue weighted by Gasteiger charge is -2.36. The summed E-state index contributed by atoms with van der Waals surface area (Å²) < 4.78 is 0. The van der Waals surface area contributed by atoms with Crippen molar-refractivity contribution in [3.05, 3.63) is 35.4 Å². The Morgan fingerprint density at radius 3 is 2.54 bits per heavy atom. The number of piperidine rings is 1. The minimum absolute atomic E-state index is 0.113. The van der Waals surface area contributed by atoms with Crippen LogP contribution in [-0.2, 0) is 6.54 Å². The third-order valence-electron chi connectivity index (χ3n) is 5.43. The fourth-order valence-corrected chi connectivity index (χ4v) is 3.89. The van der Waals surface area contributed by atoms with E-state index in [0.717, 1.165) is 32.4 Å². The topological polar surface area (TPSA) is 35.6 Å². The van der Waals surface area contributed by atoms with E-state index < -0.39 is 0 Å². The fourth-order valence-electron chi connectivity index (χ4n) is 3.89. The highest BCUT2D eigenvalue weighted by Crippen LogP contribution is 2.21. The van der Waals surface area contributed by atoms with Gasteiger partial charge in [-0.15, -0.1) is 0 Å². The molecule has 1 aromatic carbocycles. The molecule has 0 unspecified atom stereocenters. The zero-order chi connectivity index (χ0) is 16.8. The monoisotopic (exact) mass is 329 g/mol. The van der Waals surface area contributed by atoms with Gasteiger partial charge in [0, 0.05) is 25.7 Å². The number of urea groups is 1. The maximum absolute atomic E-state index is 12.6. The first kappa shape index (κ1) is 17.3. The van der Waals surface area contributed by atoms with E-state index in [9.17, 15) is 4.79 Å². The van der Waals surface area contributed by atoms with Crippen molar-refractivity contribution < 1.29 is 4.79 Å². The largest absolute Gasteiger partial charge is 0.334 e. The smallest absolute Gasteiger partial charge is 0.317 e. The van der Waals surface area contributed by atoms with E-state index in [4.69, 9.17) is 0 Å². The van der Waals surface area contributed by atoms with Crippen molar-refractivity contribution in [3.63, 3.8) is 0 Å². The van der Waals surface area contributed by atoms with E-state index in [1.807, 2.05) is 0 Å². The average molecular weight is 329 g/mol. The van der Waals surface area contributed by atoms with Gasteiger partial charge >= 0.3 is 6.03 Å². The van der Waals surface area contributed by atoms with Crippen LogP contribution < -0.4 is 5.32 Å². The van der Waals surface area contributed by atoms with Crippen LogP contribution in [0.5, 0.6) is 0 Å². The first-order valence-corrected chi connectivity index (χ1v) is 9.55. The predicted octanol–water partition coefficient (Wildman–Crippen LogP) is 3.55. The molecule has 2 aliphatic heterocycles. The van der Waals surface area contributed by atoms with Crippen molar-refractivity contribution in [2.45, 2.75) is 58.0 Å². The minimum Gasteiger partial charge on any atom is -0.334 e. The molecule has 0 bridgehead atoms. The number of benzene rings is 1. The van der Waals surface area contributed by atoms with Gasteiger partial charge in [-0.1, -0.05) is 29.8 Å². The Balaban J connectivity index is 1.49. The number of rotatable bonds is 5. The summed E-state index contributed by atoms with van der Waals surface area (Å²) in [7, 11) is 0. The molecule has 2 aliphatic rings. The molecule has 1 N–H and O–H groups in total. The van der Waals surface area contributed by atoms with E-state index in [1.165, 1.54) is 43.5 Å². The summed E-state index contributed by atoms with van der Waals surface area (Å²) in [6.07, 6.45) is 7.35. The van der Waals surface area contributed by atoms with E-state index >= 15 is 0 Å². The molecule has 3 rings (SSSR count). The van der Waals surface area contributed by atoms with Crippen molar-refractivity contribution in [2.75, 3.05) is 26.2 Å². The Labute approximate surface area is 146 Å². The summed E-state index contributed by atoms with van der Waals surface area (Å²) >= 11 is 0. The molecular formula is C20H31N3O. The van der Waals surface area contributed by atoms with Crippen LogP contribution in [-0.4, -0.2) is 48.1 Å². The molecule has 1 atom stereocenters. The Hall–Kier alpha value is -1.55. The van der Waals surface area contributed by atoms with Crippen molar-refractivity contribution >= 4 is 6.03 Å². The lowest BCUT2D eigenvalue weighted by atomic mass is 9.99. The van der Waals surface area contributed by atoms with Crippen LogP contribution in [0, 0.1) is 6.92 Å². The fraction of sp³-hybridized carbons (Fsp3) is 0.650. The number of nitrogens with zero attached hydrogens (tertiary/aromatic N) is 2. The standard InChI is InChI=1S/C20H31N3O/c1-17-7-9-18(10-8-17)16-21-20(24)23-14-3-2-6-19(23)11-15-22-12-4-5-13-22/h7-10,19H,2-6,11-16H2,1H3,(H,21,24)/t19-/m0/s1. The van der Waals surface area contributed by atoms with Crippen molar-refractivity contribution in [1.82, 2.24) is 15.1 Å². The Morgan fingerprint density at radius 1 is 1.08 bits per heavy atom. The summed E-state index contributed by atoms with van der Waals surface area (Å²) in [6, 6.07) is 8.91. The Bertz CT molecular complexity index is 522. The molecule has 4 nitrogen and oxygen atoms in total. The zero-order valence-corrected chi connectivity index (χ0v) is 15.0. The highest BCUT2D eigenvalue weighted by molar-refractivity contribution is 5.74. The number of nitrogens with one attached hydrogen (secondary N) is 1.